The van der Waals surface area contributed by atoms with Crippen LogP contribution in [0, 0.1) is 11.3 Å². The lowest BCUT2D eigenvalue weighted by molar-refractivity contribution is 0.481. The standard InChI is InChI=1S/C15H13ClN2O/c1-10(18)11-6-7-15(13(16)8-11)19-14-5-3-2-4-12(14)9-17/h2-8,10H,18H2,1H3/t10-/m0/s1. The average Bonchev–Trinajstić information content (AvgIpc) is 2.41. The Balaban J connectivity index is 2.32. The summed E-state index contributed by atoms with van der Waals surface area (Å²) in [5.74, 6) is 0.995. The van der Waals surface area contributed by atoms with E-state index in [-0.39, 0.29) is 6.04 Å². The molecule has 19 heavy (non-hydrogen) atoms. The lowest BCUT2D eigenvalue weighted by Gasteiger charge is -2.11. The van der Waals surface area contributed by atoms with Gasteiger partial charge in [0, 0.05) is 6.04 Å². The third-order valence-electron chi connectivity index (χ3n) is 2.71. The Hall–Kier alpha value is -2.02. The van der Waals surface area contributed by atoms with Crippen molar-refractivity contribution in [2.75, 3.05) is 0 Å². The fourth-order valence-corrected chi connectivity index (χ4v) is 1.88. The molecule has 2 N–H and O–H groups in total. The van der Waals surface area contributed by atoms with E-state index < -0.39 is 0 Å². The van der Waals surface area contributed by atoms with E-state index in [4.69, 9.17) is 27.3 Å². The number of hydrogen-bond donors (Lipinski definition) is 1. The fourth-order valence-electron chi connectivity index (χ4n) is 1.65. The van der Waals surface area contributed by atoms with Crippen LogP contribution < -0.4 is 10.5 Å². The number of nitrogens with zero attached hydrogens (tertiary/aromatic N) is 1. The van der Waals surface area contributed by atoms with Crippen LogP contribution in [0.4, 0.5) is 0 Å². The van der Waals surface area contributed by atoms with Gasteiger partial charge in [0.2, 0.25) is 0 Å². The van der Waals surface area contributed by atoms with Crippen molar-refractivity contribution in [2.45, 2.75) is 13.0 Å². The first-order chi connectivity index (χ1) is 9.11. The fraction of sp³-hybridized carbons (Fsp3) is 0.133. The van der Waals surface area contributed by atoms with Crippen LogP contribution in [0.2, 0.25) is 5.02 Å². The summed E-state index contributed by atoms with van der Waals surface area (Å²) in [6.45, 7) is 1.89. The Morgan fingerprint density at radius 1 is 1.21 bits per heavy atom. The molecular formula is C15H13ClN2O. The molecule has 0 aliphatic rings. The third kappa shape index (κ3) is 3.05. The molecule has 0 aliphatic carbocycles. The second-order valence-corrected chi connectivity index (χ2v) is 4.60. The van der Waals surface area contributed by atoms with Crippen molar-refractivity contribution in [3.63, 3.8) is 0 Å². The second-order valence-electron chi connectivity index (χ2n) is 4.19. The van der Waals surface area contributed by atoms with Crippen molar-refractivity contribution in [2.24, 2.45) is 5.73 Å². The van der Waals surface area contributed by atoms with Gasteiger partial charge in [0.15, 0.2) is 0 Å². The van der Waals surface area contributed by atoms with E-state index >= 15 is 0 Å². The summed E-state index contributed by atoms with van der Waals surface area (Å²) in [4.78, 5) is 0. The zero-order valence-corrected chi connectivity index (χ0v) is 11.2. The molecule has 0 heterocycles. The molecule has 0 fully saturated rings. The highest BCUT2D eigenvalue weighted by Gasteiger charge is 2.09. The SMILES string of the molecule is C[C@H](N)c1ccc(Oc2ccccc2C#N)c(Cl)c1. The lowest BCUT2D eigenvalue weighted by atomic mass is 10.1. The van der Waals surface area contributed by atoms with Gasteiger partial charge in [0.05, 0.1) is 10.6 Å². The number of hydrogen-bond acceptors (Lipinski definition) is 3. The first-order valence-corrected chi connectivity index (χ1v) is 6.21. The highest BCUT2D eigenvalue weighted by Crippen LogP contribution is 2.32. The van der Waals surface area contributed by atoms with Gasteiger partial charge in [0.25, 0.3) is 0 Å². The summed E-state index contributed by atoms with van der Waals surface area (Å²) in [5.41, 5.74) is 7.19. The average molecular weight is 273 g/mol. The normalized spacial score (nSPS) is 11.7. The van der Waals surface area contributed by atoms with Crippen molar-refractivity contribution in [3.8, 4) is 17.6 Å². The maximum absolute atomic E-state index is 9.00. The minimum atomic E-state index is -0.0852. The van der Waals surface area contributed by atoms with Gasteiger partial charge >= 0.3 is 0 Å². The zero-order valence-electron chi connectivity index (χ0n) is 10.4. The molecule has 2 aromatic carbocycles. The van der Waals surface area contributed by atoms with Crippen molar-refractivity contribution in [1.29, 1.82) is 5.26 Å². The summed E-state index contributed by atoms with van der Waals surface area (Å²) in [5, 5.41) is 9.48. The van der Waals surface area contributed by atoms with Gasteiger partial charge in [-0.25, -0.2) is 0 Å². The van der Waals surface area contributed by atoms with Gasteiger partial charge in [-0.1, -0.05) is 29.8 Å². The Labute approximate surface area is 117 Å². The molecule has 0 spiro atoms. The molecule has 4 heteroatoms. The van der Waals surface area contributed by atoms with Crippen LogP contribution in [0.3, 0.4) is 0 Å². The van der Waals surface area contributed by atoms with E-state index in [1.807, 2.05) is 13.0 Å². The topological polar surface area (TPSA) is 59.0 Å². The maximum atomic E-state index is 9.00. The van der Waals surface area contributed by atoms with E-state index in [0.717, 1.165) is 5.56 Å². The van der Waals surface area contributed by atoms with Crippen molar-refractivity contribution < 1.29 is 4.74 Å². The van der Waals surface area contributed by atoms with Gasteiger partial charge in [-0.15, -0.1) is 0 Å². The Morgan fingerprint density at radius 3 is 2.58 bits per heavy atom. The smallest absolute Gasteiger partial charge is 0.146 e. The maximum Gasteiger partial charge on any atom is 0.146 e. The number of rotatable bonds is 3. The summed E-state index contributed by atoms with van der Waals surface area (Å²) in [6.07, 6.45) is 0. The monoisotopic (exact) mass is 272 g/mol. The summed E-state index contributed by atoms with van der Waals surface area (Å²) in [7, 11) is 0. The molecule has 1 atom stereocenters. The molecular weight excluding hydrogens is 260 g/mol. The van der Waals surface area contributed by atoms with Gasteiger partial charge in [-0.3, -0.25) is 0 Å². The molecule has 0 saturated carbocycles. The largest absolute Gasteiger partial charge is 0.454 e. The van der Waals surface area contributed by atoms with E-state index in [1.165, 1.54) is 0 Å². The van der Waals surface area contributed by atoms with E-state index in [0.29, 0.717) is 22.1 Å². The van der Waals surface area contributed by atoms with Crippen molar-refractivity contribution in [3.05, 3.63) is 58.6 Å². The van der Waals surface area contributed by atoms with Crippen LogP contribution in [0.25, 0.3) is 0 Å². The van der Waals surface area contributed by atoms with Crippen molar-refractivity contribution in [1.82, 2.24) is 0 Å². The molecule has 0 unspecified atom stereocenters. The quantitative estimate of drug-likeness (QED) is 0.918. The minimum Gasteiger partial charge on any atom is -0.454 e. The van der Waals surface area contributed by atoms with Gasteiger partial charge in [0.1, 0.15) is 17.6 Å². The molecule has 0 bridgehead atoms. The molecule has 0 aromatic heterocycles. The Bertz CT molecular complexity index is 632. The van der Waals surface area contributed by atoms with Gasteiger partial charge in [-0.05, 0) is 36.8 Å². The molecule has 2 aromatic rings. The first kappa shape index (κ1) is 13.4. The van der Waals surface area contributed by atoms with Crippen LogP contribution >= 0.6 is 11.6 Å². The lowest BCUT2D eigenvalue weighted by Crippen LogP contribution is -2.04. The predicted octanol–water partition coefficient (Wildman–Crippen LogP) is 4.02. The van der Waals surface area contributed by atoms with Crippen LogP contribution in [0.15, 0.2) is 42.5 Å². The highest BCUT2D eigenvalue weighted by molar-refractivity contribution is 6.32. The second kappa shape index (κ2) is 5.75. The summed E-state index contributed by atoms with van der Waals surface area (Å²) >= 11 is 6.16. The van der Waals surface area contributed by atoms with Gasteiger partial charge < -0.3 is 10.5 Å². The molecule has 0 radical (unpaired) electrons. The number of nitrogens with two attached hydrogens (primary N) is 1. The number of benzene rings is 2. The highest BCUT2D eigenvalue weighted by atomic mass is 35.5. The van der Waals surface area contributed by atoms with Crippen molar-refractivity contribution >= 4 is 11.6 Å². The third-order valence-corrected chi connectivity index (χ3v) is 3.00. The number of nitriles is 1. The predicted molar refractivity (Wildman–Crippen MR) is 75.3 cm³/mol. The first-order valence-electron chi connectivity index (χ1n) is 5.84. The van der Waals surface area contributed by atoms with E-state index in [2.05, 4.69) is 6.07 Å². The van der Waals surface area contributed by atoms with Crippen LogP contribution in [-0.2, 0) is 0 Å². The molecule has 2 rings (SSSR count). The molecule has 3 nitrogen and oxygen atoms in total. The molecule has 0 amide bonds. The van der Waals surface area contributed by atoms with Crippen LogP contribution in [-0.4, -0.2) is 0 Å². The number of ether oxygens (including phenoxy) is 1. The summed E-state index contributed by atoms with van der Waals surface area (Å²) in [6, 6.07) is 14.4. The van der Waals surface area contributed by atoms with Crippen LogP contribution in [0.5, 0.6) is 11.5 Å². The van der Waals surface area contributed by atoms with E-state index in [9.17, 15) is 0 Å². The molecule has 0 saturated heterocycles. The molecule has 0 aliphatic heterocycles. The van der Waals surface area contributed by atoms with E-state index in [1.54, 1.807) is 36.4 Å². The van der Waals surface area contributed by atoms with Gasteiger partial charge in [-0.2, -0.15) is 5.26 Å². The number of halogens is 1. The number of para-hydroxylation sites is 1. The minimum absolute atomic E-state index is 0.0852. The zero-order chi connectivity index (χ0) is 13.8. The van der Waals surface area contributed by atoms with Crippen LogP contribution in [0.1, 0.15) is 24.1 Å². The molecule has 96 valence electrons. The Kier molecular flexibility index (Phi) is 4.06. The summed E-state index contributed by atoms with van der Waals surface area (Å²) < 4.78 is 5.67. The Morgan fingerprint density at radius 2 is 1.95 bits per heavy atom.